The summed E-state index contributed by atoms with van der Waals surface area (Å²) in [5, 5.41) is 19.1. The smallest absolute Gasteiger partial charge is 0.283 e. The van der Waals surface area contributed by atoms with Gasteiger partial charge in [0.25, 0.3) is 10.1 Å². The molecule has 0 aliphatic rings. The van der Waals surface area contributed by atoms with Crippen molar-refractivity contribution in [1.29, 1.82) is 0 Å². The van der Waals surface area contributed by atoms with Crippen LogP contribution in [0.5, 0.6) is 11.5 Å². The second-order valence-electron chi connectivity index (χ2n) is 6.06. The Hall–Kier alpha value is -1.67. The quantitative estimate of drug-likeness (QED) is 0.239. The fourth-order valence-corrected chi connectivity index (χ4v) is 5.79. The van der Waals surface area contributed by atoms with Crippen LogP contribution in [0.3, 0.4) is 0 Å². The highest BCUT2D eigenvalue weighted by Crippen LogP contribution is 2.53. The van der Waals surface area contributed by atoms with Crippen molar-refractivity contribution >= 4 is 56.5 Å². The number of hydrogen-bond donors (Lipinski definition) is 3. The van der Waals surface area contributed by atoms with E-state index in [1.807, 2.05) is 0 Å². The lowest BCUT2D eigenvalue weighted by molar-refractivity contribution is 0.455. The van der Waals surface area contributed by atoms with Gasteiger partial charge in [-0.15, -0.1) is 0 Å². The van der Waals surface area contributed by atoms with Gasteiger partial charge in [-0.2, -0.15) is 8.42 Å². The van der Waals surface area contributed by atoms with Crippen LogP contribution >= 0.6 is 46.4 Å². The van der Waals surface area contributed by atoms with Gasteiger partial charge in [-0.3, -0.25) is 4.55 Å². The molecular formula is C19H12Cl4O5S. The Morgan fingerprint density at radius 2 is 1.34 bits per heavy atom. The fourth-order valence-electron chi connectivity index (χ4n) is 3.19. The molecule has 29 heavy (non-hydrogen) atoms. The van der Waals surface area contributed by atoms with Crippen molar-refractivity contribution in [2.75, 3.05) is 0 Å². The average Bonchev–Trinajstić information content (AvgIpc) is 2.65. The zero-order chi connectivity index (χ0) is 21.6. The average molecular weight is 494 g/mol. The van der Waals surface area contributed by atoms with Crippen LogP contribution in [0.25, 0.3) is 0 Å². The lowest BCUT2D eigenvalue weighted by atomic mass is 9.83. The number of rotatable bonds is 4. The molecule has 5 nitrogen and oxygen atoms in total. The second-order valence-corrected chi connectivity index (χ2v) is 9.19. The lowest BCUT2D eigenvalue weighted by Crippen LogP contribution is -2.39. The van der Waals surface area contributed by atoms with Gasteiger partial charge in [-0.05, 0) is 35.9 Å². The Kier molecular flexibility index (Phi) is 5.98. The van der Waals surface area contributed by atoms with Gasteiger partial charge in [-0.25, -0.2) is 0 Å². The van der Waals surface area contributed by atoms with Crippen molar-refractivity contribution < 1.29 is 23.2 Å². The third-order valence-corrected chi connectivity index (χ3v) is 7.36. The Balaban J connectivity index is 2.65. The molecule has 3 rings (SSSR count). The SMILES string of the molecule is O=S(=O)(O)C(c1ccc(O)cc1)(c1cccc(O)c1Cl)c1c(Cl)ccc(Cl)c1Cl. The highest BCUT2D eigenvalue weighted by molar-refractivity contribution is 7.87. The first-order valence-electron chi connectivity index (χ1n) is 7.90. The molecule has 0 amide bonds. The van der Waals surface area contributed by atoms with E-state index in [0.717, 1.165) is 0 Å². The molecular weight excluding hydrogens is 482 g/mol. The van der Waals surface area contributed by atoms with E-state index in [1.165, 1.54) is 54.6 Å². The van der Waals surface area contributed by atoms with Gasteiger partial charge in [0.1, 0.15) is 11.5 Å². The predicted molar refractivity (Wildman–Crippen MR) is 114 cm³/mol. The maximum atomic E-state index is 13.0. The van der Waals surface area contributed by atoms with Crippen molar-refractivity contribution in [3.05, 3.63) is 91.4 Å². The molecule has 0 heterocycles. The van der Waals surface area contributed by atoms with Gasteiger partial charge in [0, 0.05) is 16.1 Å². The van der Waals surface area contributed by atoms with Crippen LogP contribution in [0.1, 0.15) is 16.7 Å². The molecule has 3 aromatic rings. The Bertz CT molecular complexity index is 1200. The minimum absolute atomic E-state index is 0.0193. The largest absolute Gasteiger partial charge is 0.508 e. The van der Waals surface area contributed by atoms with Crippen LogP contribution in [-0.2, 0) is 14.9 Å². The fraction of sp³-hybridized carbons (Fsp3) is 0.0526. The summed E-state index contributed by atoms with van der Waals surface area (Å²) in [6, 6.07) is 11.6. The molecule has 1 unspecified atom stereocenters. The Labute approximate surface area is 186 Å². The zero-order valence-electron chi connectivity index (χ0n) is 14.3. The first-order chi connectivity index (χ1) is 13.5. The monoisotopic (exact) mass is 492 g/mol. The molecule has 0 saturated carbocycles. The van der Waals surface area contributed by atoms with E-state index in [-0.39, 0.29) is 42.5 Å². The van der Waals surface area contributed by atoms with Gasteiger partial charge >= 0.3 is 0 Å². The molecule has 0 fully saturated rings. The van der Waals surface area contributed by atoms with E-state index in [2.05, 4.69) is 0 Å². The molecule has 0 spiro atoms. The third-order valence-electron chi connectivity index (χ3n) is 4.41. The number of aromatic hydroxyl groups is 2. The summed E-state index contributed by atoms with van der Waals surface area (Å²) >= 11 is 25.1. The summed E-state index contributed by atoms with van der Waals surface area (Å²) in [5.41, 5.74) is -0.510. The number of phenols is 2. The lowest BCUT2D eigenvalue weighted by Gasteiger charge is -2.34. The van der Waals surface area contributed by atoms with Crippen LogP contribution in [-0.4, -0.2) is 23.2 Å². The van der Waals surface area contributed by atoms with E-state index in [9.17, 15) is 23.2 Å². The molecule has 152 valence electrons. The number of halogens is 4. The first-order valence-corrected chi connectivity index (χ1v) is 10.9. The molecule has 0 saturated heterocycles. The summed E-state index contributed by atoms with van der Waals surface area (Å²) in [7, 11) is -5.10. The summed E-state index contributed by atoms with van der Waals surface area (Å²) in [4.78, 5) is 0. The topological polar surface area (TPSA) is 94.8 Å². The summed E-state index contributed by atoms with van der Waals surface area (Å²) in [6.45, 7) is 0. The van der Waals surface area contributed by atoms with Crippen molar-refractivity contribution in [2.24, 2.45) is 0 Å². The van der Waals surface area contributed by atoms with E-state index in [0.29, 0.717) is 0 Å². The molecule has 0 aliphatic heterocycles. The first kappa shape index (κ1) is 22.0. The van der Waals surface area contributed by atoms with E-state index in [1.54, 1.807) is 0 Å². The molecule has 0 aliphatic carbocycles. The maximum absolute atomic E-state index is 13.0. The molecule has 3 aromatic carbocycles. The Morgan fingerprint density at radius 3 is 1.93 bits per heavy atom. The van der Waals surface area contributed by atoms with E-state index < -0.39 is 20.6 Å². The van der Waals surface area contributed by atoms with Gasteiger partial charge in [0.05, 0.1) is 15.1 Å². The molecule has 10 heteroatoms. The maximum Gasteiger partial charge on any atom is 0.283 e. The van der Waals surface area contributed by atoms with Crippen LogP contribution in [0.15, 0.2) is 54.6 Å². The van der Waals surface area contributed by atoms with Crippen LogP contribution in [0.2, 0.25) is 20.1 Å². The van der Waals surface area contributed by atoms with Gasteiger partial charge in [-0.1, -0.05) is 70.7 Å². The highest BCUT2D eigenvalue weighted by Gasteiger charge is 2.52. The van der Waals surface area contributed by atoms with Gasteiger partial charge in [0.15, 0.2) is 4.75 Å². The minimum Gasteiger partial charge on any atom is -0.508 e. The normalized spacial score (nSPS) is 13.8. The minimum atomic E-state index is -5.10. The molecule has 0 bridgehead atoms. The molecule has 3 N–H and O–H groups in total. The molecule has 0 aromatic heterocycles. The number of hydrogen-bond acceptors (Lipinski definition) is 4. The highest BCUT2D eigenvalue weighted by atomic mass is 35.5. The van der Waals surface area contributed by atoms with Gasteiger partial charge < -0.3 is 10.2 Å². The predicted octanol–water partition coefficient (Wildman–Crippen LogP) is 5.89. The van der Waals surface area contributed by atoms with Crippen molar-refractivity contribution in [2.45, 2.75) is 4.75 Å². The van der Waals surface area contributed by atoms with E-state index in [4.69, 9.17) is 46.4 Å². The third kappa shape index (κ3) is 3.54. The number of phenolic OH excluding ortho intramolecular Hbond substituents is 2. The molecule has 0 radical (unpaired) electrons. The van der Waals surface area contributed by atoms with Crippen LogP contribution in [0, 0.1) is 0 Å². The summed E-state index contributed by atoms with van der Waals surface area (Å²) in [5.74, 6) is -0.575. The van der Waals surface area contributed by atoms with Crippen molar-refractivity contribution in [1.82, 2.24) is 0 Å². The second kappa shape index (κ2) is 7.87. The van der Waals surface area contributed by atoms with Crippen molar-refractivity contribution in [3.63, 3.8) is 0 Å². The summed E-state index contributed by atoms with van der Waals surface area (Å²) < 4.78 is 34.1. The summed E-state index contributed by atoms with van der Waals surface area (Å²) in [6.07, 6.45) is 0. The zero-order valence-corrected chi connectivity index (χ0v) is 18.1. The van der Waals surface area contributed by atoms with Crippen LogP contribution < -0.4 is 0 Å². The van der Waals surface area contributed by atoms with Gasteiger partial charge in [0.2, 0.25) is 0 Å². The van der Waals surface area contributed by atoms with Crippen LogP contribution in [0.4, 0.5) is 0 Å². The molecule has 1 atom stereocenters. The standard InChI is InChI=1S/C19H12Cl4O5S/c20-13-8-9-14(21)18(23)16(13)19(29(26,27)28,10-4-6-11(24)7-5-10)12-2-1-3-15(25)17(12)22/h1-9,24-25H,(H,26,27,28). The van der Waals surface area contributed by atoms with E-state index >= 15 is 0 Å². The Morgan fingerprint density at radius 1 is 0.759 bits per heavy atom. The number of benzene rings is 3. The van der Waals surface area contributed by atoms with Crippen molar-refractivity contribution in [3.8, 4) is 11.5 Å².